The minimum absolute atomic E-state index is 0.295. The van der Waals surface area contributed by atoms with E-state index in [1.807, 2.05) is 15.8 Å². The van der Waals surface area contributed by atoms with Crippen molar-refractivity contribution in [1.82, 2.24) is 19.9 Å². The number of likely N-dealkylation sites (tertiary alicyclic amines) is 1. The molecule has 24 heavy (non-hydrogen) atoms. The quantitative estimate of drug-likeness (QED) is 0.899. The topological polar surface area (TPSA) is 71.2 Å². The number of nitrogens with zero attached hydrogens (tertiary/aromatic N) is 4. The van der Waals surface area contributed by atoms with Crippen LogP contribution in [-0.2, 0) is 10.4 Å². The minimum atomic E-state index is -0.766. The lowest BCUT2D eigenvalue weighted by Crippen LogP contribution is -2.39. The van der Waals surface area contributed by atoms with Crippen molar-refractivity contribution in [3.8, 4) is 0 Å². The summed E-state index contributed by atoms with van der Waals surface area (Å²) in [6.45, 7) is 1.63. The van der Waals surface area contributed by atoms with Crippen LogP contribution in [0.25, 0.3) is 0 Å². The molecule has 0 unspecified atom stereocenters. The molecule has 0 atom stereocenters. The number of aromatic nitrogens is 3. The summed E-state index contributed by atoms with van der Waals surface area (Å²) in [6.07, 6.45) is 11.9. The van der Waals surface area contributed by atoms with E-state index < -0.39 is 5.60 Å². The van der Waals surface area contributed by atoms with Crippen molar-refractivity contribution in [2.45, 2.75) is 75.9 Å². The van der Waals surface area contributed by atoms with Gasteiger partial charge in [-0.3, -0.25) is 4.79 Å². The number of piperidine rings is 1. The normalized spacial score (nSPS) is 24.5. The molecule has 2 heterocycles. The molecule has 1 aromatic heterocycles. The molecule has 6 heteroatoms. The third-order valence-electron chi connectivity index (χ3n) is 6.07. The Morgan fingerprint density at radius 2 is 1.92 bits per heavy atom. The van der Waals surface area contributed by atoms with Crippen LogP contribution in [0.1, 0.15) is 75.9 Å². The number of hydrogen-bond acceptors (Lipinski definition) is 4. The summed E-state index contributed by atoms with van der Waals surface area (Å²) in [6, 6.07) is 0.295. The number of hydrogen-bond donors (Lipinski definition) is 1. The second-order valence-electron chi connectivity index (χ2n) is 7.92. The van der Waals surface area contributed by atoms with Crippen LogP contribution in [0.4, 0.5) is 0 Å². The van der Waals surface area contributed by atoms with Gasteiger partial charge in [0.1, 0.15) is 11.3 Å². The molecule has 1 N–H and O–H groups in total. The highest BCUT2D eigenvalue weighted by Crippen LogP contribution is 2.38. The van der Waals surface area contributed by atoms with E-state index in [2.05, 4.69) is 10.3 Å². The van der Waals surface area contributed by atoms with Crippen molar-refractivity contribution in [3.63, 3.8) is 0 Å². The van der Waals surface area contributed by atoms with E-state index in [4.69, 9.17) is 0 Å². The molecule has 0 radical (unpaired) electrons. The fraction of sp³-hybridized carbons (Fsp3) is 0.833. The van der Waals surface area contributed by atoms with E-state index in [0.29, 0.717) is 11.9 Å². The van der Waals surface area contributed by atoms with Gasteiger partial charge in [0.15, 0.2) is 0 Å². The number of aliphatic hydroxyl groups is 1. The van der Waals surface area contributed by atoms with Crippen molar-refractivity contribution in [2.24, 2.45) is 5.92 Å². The summed E-state index contributed by atoms with van der Waals surface area (Å²) in [5, 5.41) is 19.1. The van der Waals surface area contributed by atoms with Crippen LogP contribution in [0.15, 0.2) is 6.20 Å². The van der Waals surface area contributed by atoms with Crippen molar-refractivity contribution in [1.29, 1.82) is 0 Å². The number of amides is 1. The molecule has 2 saturated carbocycles. The zero-order chi connectivity index (χ0) is 16.6. The van der Waals surface area contributed by atoms with Crippen LogP contribution >= 0.6 is 0 Å². The second-order valence-corrected chi connectivity index (χ2v) is 7.92. The van der Waals surface area contributed by atoms with Crippen LogP contribution in [0.2, 0.25) is 0 Å². The molecule has 0 spiro atoms. The average Bonchev–Trinajstić information content (AvgIpc) is 3.09. The predicted octanol–water partition coefficient (Wildman–Crippen LogP) is 2.39. The number of carbonyl (C=O) groups excluding carboxylic acids is 1. The Morgan fingerprint density at radius 1 is 1.21 bits per heavy atom. The fourth-order valence-corrected chi connectivity index (χ4v) is 4.16. The van der Waals surface area contributed by atoms with Gasteiger partial charge in [0.2, 0.25) is 5.91 Å². The molecule has 1 aromatic rings. The molecule has 6 nitrogen and oxygen atoms in total. The summed E-state index contributed by atoms with van der Waals surface area (Å²) in [5.41, 5.74) is -0.0412. The van der Waals surface area contributed by atoms with Crippen molar-refractivity contribution in [2.75, 3.05) is 13.1 Å². The van der Waals surface area contributed by atoms with Crippen LogP contribution < -0.4 is 0 Å². The molecular weight excluding hydrogens is 304 g/mol. The van der Waals surface area contributed by atoms with Gasteiger partial charge >= 0.3 is 0 Å². The number of rotatable bonds is 5. The smallest absolute Gasteiger partial charge is 0.222 e. The molecule has 3 fully saturated rings. The Hall–Kier alpha value is -1.43. The molecule has 1 aliphatic heterocycles. The molecule has 3 aliphatic rings. The van der Waals surface area contributed by atoms with E-state index in [-0.39, 0.29) is 0 Å². The third kappa shape index (κ3) is 3.34. The van der Waals surface area contributed by atoms with Gasteiger partial charge in [0.25, 0.3) is 0 Å². The summed E-state index contributed by atoms with van der Waals surface area (Å²) < 4.78 is 1.91. The van der Waals surface area contributed by atoms with Gasteiger partial charge < -0.3 is 10.0 Å². The zero-order valence-electron chi connectivity index (χ0n) is 14.4. The van der Waals surface area contributed by atoms with Gasteiger partial charge in [-0.2, -0.15) is 0 Å². The predicted molar refractivity (Wildman–Crippen MR) is 89.2 cm³/mol. The molecule has 1 saturated heterocycles. The van der Waals surface area contributed by atoms with Crippen LogP contribution in [0.3, 0.4) is 0 Å². The summed E-state index contributed by atoms with van der Waals surface area (Å²) in [7, 11) is 0. The summed E-state index contributed by atoms with van der Waals surface area (Å²) in [5.74, 6) is 1.14. The molecule has 1 amide bonds. The first-order valence-electron chi connectivity index (χ1n) is 9.56. The first-order chi connectivity index (χ1) is 11.6. The summed E-state index contributed by atoms with van der Waals surface area (Å²) >= 11 is 0. The molecule has 2 aliphatic carbocycles. The molecule has 4 rings (SSSR count). The van der Waals surface area contributed by atoms with Crippen molar-refractivity contribution < 1.29 is 9.90 Å². The standard InChI is InChI=1S/C18H28N4O2/c23-17(6-5-14-3-4-14)21-11-7-15(8-12-21)22-13-16(19-20-22)18(24)9-1-2-10-18/h13-15,24H,1-12H2. The van der Waals surface area contributed by atoms with E-state index >= 15 is 0 Å². The Morgan fingerprint density at radius 3 is 2.58 bits per heavy atom. The van der Waals surface area contributed by atoms with Crippen molar-refractivity contribution >= 4 is 5.91 Å². The van der Waals surface area contributed by atoms with E-state index in [1.54, 1.807) is 0 Å². The highest BCUT2D eigenvalue weighted by molar-refractivity contribution is 5.76. The van der Waals surface area contributed by atoms with Crippen LogP contribution in [0.5, 0.6) is 0 Å². The Balaban J connectivity index is 1.31. The Bertz CT molecular complexity index is 582. The first kappa shape index (κ1) is 16.1. The lowest BCUT2D eigenvalue weighted by atomic mass is 9.99. The lowest BCUT2D eigenvalue weighted by molar-refractivity contribution is -0.132. The molecule has 0 bridgehead atoms. The monoisotopic (exact) mass is 332 g/mol. The fourth-order valence-electron chi connectivity index (χ4n) is 4.16. The third-order valence-corrected chi connectivity index (χ3v) is 6.07. The molecular formula is C18H28N4O2. The average molecular weight is 332 g/mol. The first-order valence-corrected chi connectivity index (χ1v) is 9.56. The SMILES string of the molecule is O=C(CCC1CC1)N1CCC(n2cc(C3(O)CCCC3)nn2)CC1. The highest BCUT2D eigenvalue weighted by atomic mass is 16.3. The van der Waals surface area contributed by atoms with Gasteiger partial charge in [0.05, 0.1) is 12.2 Å². The van der Waals surface area contributed by atoms with Gasteiger partial charge in [0, 0.05) is 19.5 Å². The van der Waals surface area contributed by atoms with Crippen LogP contribution in [-0.4, -0.2) is 44.0 Å². The van der Waals surface area contributed by atoms with E-state index in [9.17, 15) is 9.90 Å². The highest BCUT2D eigenvalue weighted by Gasteiger charge is 2.36. The zero-order valence-corrected chi connectivity index (χ0v) is 14.4. The molecule has 0 aromatic carbocycles. The summed E-state index contributed by atoms with van der Waals surface area (Å²) in [4.78, 5) is 14.3. The minimum Gasteiger partial charge on any atom is -0.383 e. The maximum Gasteiger partial charge on any atom is 0.222 e. The molecule has 132 valence electrons. The largest absolute Gasteiger partial charge is 0.383 e. The number of carbonyl (C=O) groups is 1. The Labute approximate surface area is 143 Å². The van der Waals surface area contributed by atoms with E-state index in [0.717, 1.165) is 76.1 Å². The van der Waals surface area contributed by atoms with Gasteiger partial charge in [-0.15, -0.1) is 5.10 Å². The maximum absolute atomic E-state index is 12.3. The van der Waals surface area contributed by atoms with Gasteiger partial charge in [-0.25, -0.2) is 4.68 Å². The van der Waals surface area contributed by atoms with E-state index in [1.165, 1.54) is 12.8 Å². The lowest BCUT2D eigenvalue weighted by Gasteiger charge is -2.32. The maximum atomic E-state index is 12.3. The van der Waals surface area contributed by atoms with Crippen molar-refractivity contribution in [3.05, 3.63) is 11.9 Å². The second kappa shape index (κ2) is 6.47. The Kier molecular flexibility index (Phi) is 4.33. The van der Waals surface area contributed by atoms with Crippen LogP contribution in [0, 0.1) is 5.92 Å². The van der Waals surface area contributed by atoms with Gasteiger partial charge in [-0.05, 0) is 38.0 Å². The van der Waals surface area contributed by atoms with Gasteiger partial charge in [-0.1, -0.05) is 30.9 Å².